The predicted octanol–water partition coefficient (Wildman–Crippen LogP) is 1.96. The largest absolute Gasteiger partial charge is 0.343 e. The molecular formula is C20H31N3O2. The van der Waals surface area contributed by atoms with Crippen molar-refractivity contribution in [2.24, 2.45) is 17.6 Å². The lowest BCUT2D eigenvalue weighted by atomic mass is 9.89. The highest BCUT2D eigenvalue weighted by atomic mass is 16.2. The van der Waals surface area contributed by atoms with E-state index >= 15 is 0 Å². The molecule has 3 N–H and O–H groups in total. The van der Waals surface area contributed by atoms with E-state index < -0.39 is 6.04 Å². The van der Waals surface area contributed by atoms with Gasteiger partial charge in [0.15, 0.2) is 0 Å². The third-order valence-corrected chi connectivity index (χ3v) is 5.27. The van der Waals surface area contributed by atoms with E-state index in [1.807, 2.05) is 24.8 Å². The second-order valence-electron chi connectivity index (χ2n) is 7.09. The van der Waals surface area contributed by atoms with Crippen molar-refractivity contribution in [1.82, 2.24) is 10.2 Å². The highest BCUT2D eigenvalue weighted by Crippen LogP contribution is 2.23. The van der Waals surface area contributed by atoms with Crippen molar-refractivity contribution in [3.05, 3.63) is 35.9 Å². The quantitative estimate of drug-likeness (QED) is 0.793. The first-order chi connectivity index (χ1) is 12.0. The van der Waals surface area contributed by atoms with Gasteiger partial charge < -0.3 is 16.0 Å². The van der Waals surface area contributed by atoms with Crippen molar-refractivity contribution in [3.8, 4) is 0 Å². The number of nitrogens with one attached hydrogen (secondary N) is 1. The second kappa shape index (κ2) is 9.56. The first kappa shape index (κ1) is 19.4. The van der Waals surface area contributed by atoms with Crippen LogP contribution in [0.4, 0.5) is 0 Å². The molecule has 5 nitrogen and oxygen atoms in total. The molecule has 0 bridgehead atoms. The summed E-state index contributed by atoms with van der Waals surface area (Å²) in [6.45, 7) is 5.48. The van der Waals surface area contributed by atoms with Crippen molar-refractivity contribution < 1.29 is 9.59 Å². The molecule has 2 unspecified atom stereocenters. The van der Waals surface area contributed by atoms with Gasteiger partial charge in [-0.05, 0) is 36.7 Å². The topological polar surface area (TPSA) is 75.4 Å². The maximum atomic E-state index is 12.9. The first-order valence-corrected chi connectivity index (χ1v) is 9.37. The molecule has 1 fully saturated rings. The lowest BCUT2D eigenvalue weighted by Crippen LogP contribution is -2.54. The molecule has 5 heteroatoms. The van der Waals surface area contributed by atoms with E-state index in [0.717, 1.165) is 38.8 Å². The fourth-order valence-electron chi connectivity index (χ4n) is 3.42. The molecule has 1 aromatic carbocycles. The normalized spacial score (nSPS) is 17.8. The van der Waals surface area contributed by atoms with Crippen LogP contribution in [0.3, 0.4) is 0 Å². The Hall–Kier alpha value is -1.88. The molecule has 138 valence electrons. The van der Waals surface area contributed by atoms with Gasteiger partial charge in [-0.15, -0.1) is 0 Å². The van der Waals surface area contributed by atoms with Gasteiger partial charge in [-0.1, -0.05) is 50.6 Å². The van der Waals surface area contributed by atoms with Crippen molar-refractivity contribution in [3.63, 3.8) is 0 Å². The van der Waals surface area contributed by atoms with Gasteiger partial charge in [0.05, 0.1) is 6.54 Å². The van der Waals surface area contributed by atoms with Gasteiger partial charge in [-0.2, -0.15) is 0 Å². The van der Waals surface area contributed by atoms with Crippen LogP contribution in [0.1, 0.15) is 38.7 Å². The minimum absolute atomic E-state index is 0.0364. The summed E-state index contributed by atoms with van der Waals surface area (Å²) in [7, 11) is 0. The zero-order valence-electron chi connectivity index (χ0n) is 15.4. The second-order valence-corrected chi connectivity index (χ2v) is 7.09. The molecule has 25 heavy (non-hydrogen) atoms. The van der Waals surface area contributed by atoms with Gasteiger partial charge in [0.1, 0.15) is 6.04 Å². The number of piperidine rings is 1. The molecule has 1 aliphatic rings. The summed E-state index contributed by atoms with van der Waals surface area (Å²) < 4.78 is 0. The molecule has 0 radical (unpaired) electrons. The molecule has 0 aliphatic carbocycles. The van der Waals surface area contributed by atoms with E-state index in [2.05, 4.69) is 29.6 Å². The number of likely N-dealkylation sites (tertiary alicyclic amines) is 1. The van der Waals surface area contributed by atoms with Crippen molar-refractivity contribution >= 4 is 11.8 Å². The third kappa shape index (κ3) is 5.56. The monoisotopic (exact) mass is 345 g/mol. The number of rotatable bonds is 7. The number of nitrogens with two attached hydrogens (primary N) is 1. The number of hydrogen-bond acceptors (Lipinski definition) is 3. The van der Waals surface area contributed by atoms with Gasteiger partial charge in [0, 0.05) is 13.1 Å². The summed E-state index contributed by atoms with van der Waals surface area (Å²) in [5.41, 5.74) is 6.76. The van der Waals surface area contributed by atoms with Crippen LogP contribution in [0, 0.1) is 11.8 Å². The molecule has 1 aromatic rings. The Balaban J connectivity index is 1.90. The zero-order chi connectivity index (χ0) is 18.2. The molecule has 1 aliphatic heterocycles. The van der Waals surface area contributed by atoms with Crippen LogP contribution in [0.15, 0.2) is 30.3 Å². The van der Waals surface area contributed by atoms with Crippen molar-refractivity contribution in [2.45, 2.75) is 45.6 Å². The SMILES string of the molecule is CCC(C)C(NC(=O)CN)C(=O)N1CCC(Cc2ccccc2)CC1. The predicted molar refractivity (Wildman–Crippen MR) is 99.9 cm³/mol. The van der Waals surface area contributed by atoms with Gasteiger partial charge in [-0.3, -0.25) is 9.59 Å². The van der Waals surface area contributed by atoms with Gasteiger partial charge in [0.2, 0.25) is 11.8 Å². The molecular weight excluding hydrogens is 314 g/mol. The van der Waals surface area contributed by atoms with Crippen molar-refractivity contribution in [2.75, 3.05) is 19.6 Å². The number of nitrogens with zero attached hydrogens (tertiary/aromatic N) is 1. The summed E-state index contributed by atoms with van der Waals surface area (Å²) >= 11 is 0. The Morgan fingerprint density at radius 2 is 1.88 bits per heavy atom. The Kier molecular flexibility index (Phi) is 7.44. The Morgan fingerprint density at radius 3 is 2.44 bits per heavy atom. The van der Waals surface area contributed by atoms with Crippen molar-refractivity contribution in [1.29, 1.82) is 0 Å². The van der Waals surface area contributed by atoms with E-state index in [4.69, 9.17) is 5.73 Å². The van der Waals surface area contributed by atoms with Crippen LogP contribution in [-0.4, -0.2) is 42.4 Å². The van der Waals surface area contributed by atoms with Crippen LogP contribution in [0.5, 0.6) is 0 Å². The number of carbonyl (C=O) groups is 2. The fourth-order valence-corrected chi connectivity index (χ4v) is 3.42. The first-order valence-electron chi connectivity index (χ1n) is 9.37. The molecule has 0 saturated carbocycles. The van der Waals surface area contributed by atoms with Crippen LogP contribution >= 0.6 is 0 Å². The number of carbonyl (C=O) groups excluding carboxylic acids is 2. The lowest BCUT2D eigenvalue weighted by molar-refractivity contribution is -0.138. The molecule has 2 amide bonds. The minimum Gasteiger partial charge on any atom is -0.343 e. The molecule has 1 saturated heterocycles. The Bertz CT molecular complexity index is 553. The number of hydrogen-bond donors (Lipinski definition) is 2. The molecule has 1 heterocycles. The molecule has 0 spiro atoms. The van der Waals surface area contributed by atoms with Crippen LogP contribution in [0.2, 0.25) is 0 Å². The van der Waals surface area contributed by atoms with Gasteiger partial charge in [-0.25, -0.2) is 0 Å². The maximum absolute atomic E-state index is 12.9. The van der Waals surface area contributed by atoms with Gasteiger partial charge >= 0.3 is 0 Å². The summed E-state index contributed by atoms with van der Waals surface area (Å²) in [5.74, 6) is 0.490. The van der Waals surface area contributed by atoms with Crippen LogP contribution in [0.25, 0.3) is 0 Å². The highest BCUT2D eigenvalue weighted by Gasteiger charge is 2.31. The van der Waals surface area contributed by atoms with E-state index in [0.29, 0.717) is 5.92 Å². The third-order valence-electron chi connectivity index (χ3n) is 5.27. The average Bonchev–Trinajstić information content (AvgIpc) is 2.66. The Labute approximate surface area is 151 Å². The summed E-state index contributed by atoms with van der Waals surface area (Å²) in [5, 5.41) is 2.81. The van der Waals surface area contributed by atoms with E-state index in [-0.39, 0.29) is 24.3 Å². The van der Waals surface area contributed by atoms with Crippen LogP contribution in [-0.2, 0) is 16.0 Å². The summed E-state index contributed by atoms with van der Waals surface area (Å²) in [6.07, 6.45) is 3.94. The summed E-state index contributed by atoms with van der Waals surface area (Å²) in [4.78, 5) is 26.5. The number of amides is 2. The zero-order valence-corrected chi connectivity index (χ0v) is 15.4. The minimum atomic E-state index is -0.466. The maximum Gasteiger partial charge on any atom is 0.245 e. The van der Waals surface area contributed by atoms with E-state index in [9.17, 15) is 9.59 Å². The number of benzene rings is 1. The average molecular weight is 345 g/mol. The highest BCUT2D eigenvalue weighted by molar-refractivity contribution is 5.88. The standard InChI is InChI=1S/C20H31N3O2/c1-3-15(2)19(22-18(24)14-21)20(25)23-11-9-17(10-12-23)13-16-7-5-4-6-8-16/h4-8,15,17,19H,3,9-14,21H2,1-2H3,(H,22,24). The fraction of sp³-hybridized carbons (Fsp3) is 0.600. The molecule has 0 aromatic heterocycles. The molecule has 2 rings (SSSR count). The van der Waals surface area contributed by atoms with Crippen LogP contribution < -0.4 is 11.1 Å². The lowest BCUT2D eigenvalue weighted by Gasteiger charge is -2.36. The molecule has 2 atom stereocenters. The smallest absolute Gasteiger partial charge is 0.245 e. The van der Waals surface area contributed by atoms with E-state index in [1.54, 1.807) is 0 Å². The Morgan fingerprint density at radius 1 is 1.24 bits per heavy atom. The van der Waals surface area contributed by atoms with E-state index in [1.165, 1.54) is 5.56 Å². The summed E-state index contributed by atoms with van der Waals surface area (Å²) in [6, 6.07) is 10.1. The van der Waals surface area contributed by atoms with Gasteiger partial charge in [0.25, 0.3) is 0 Å².